The van der Waals surface area contributed by atoms with E-state index in [1.807, 2.05) is 11.3 Å². The van der Waals surface area contributed by atoms with Crippen molar-refractivity contribution in [1.29, 1.82) is 0 Å². The van der Waals surface area contributed by atoms with Gasteiger partial charge in [-0.2, -0.15) is 0 Å². The Bertz CT molecular complexity index is 333. The molecule has 104 valence electrons. The van der Waals surface area contributed by atoms with Gasteiger partial charge in [0.15, 0.2) is 0 Å². The van der Waals surface area contributed by atoms with E-state index in [1.165, 1.54) is 14.2 Å². The number of nitrogens with zero attached hydrogens (tertiary/aromatic N) is 1. The molecule has 1 aromatic heterocycles. The maximum atomic E-state index is 3.56. The minimum Gasteiger partial charge on any atom is -0.311 e. The van der Waals surface area contributed by atoms with Gasteiger partial charge in [0.25, 0.3) is 0 Å². The smallest absolute Gasteiger partial charge is 0.0314 e. The molecule has 0 aromatic carbocycles. The van der Waals surface area contributed by atoms with Gasteiger partial charge in [-0.05, 0) is 56.6 Å². The Kier molecular flexibility index (Phi) is 6.85. The van der Waals surface area contributed by atoms with Crippen LogP contribution >= 0.6 is 27.3 Å². The molecule has 0 aliphatic heterocycles. The van der Waals surface area contributed by atoms with E-state index in [4.69, 9.17) is 0 Å². The number of halogens is 1. The van der Waals surface area contributed by atoms with Crippen molar-refractivity contribution >= 4 is 27.3 Å². The number of nitrogens with one attached hydrogen (secondary N) is 1. The monoisotopic (exact) mass is 332 g/mol. The Morgan fingerprint density at radius 3 is 2.33 bits per heavy atom. The molecule has 1 N–H and O–H groups in total. The van der Waals surface area contributed by atoms with Gasteiger partial charge >= 0.3 is 0 Å². The summed E-state index contributed by atoms with van der Waals surface area (Å²) in [7, 11) is 0. The van der Waals surface area contributed by atoms with Crippen LogP contribution in [0.1, 0.15) is 37.4 Å². The molecule has 18 heavy (non-hydrogen) atoms. The Balaban J connectivity index is 2.29. The van der Waals surface area contributed by atoms with Crippen molar-refractivity contribution in [1.82, 2.24) is 10.2 Å². The van der Waals surface area contributed by atoms with Crippen molar-refractivity contribution in [3.8, 4) is 0 Å². The molecule has 4 heteroatoms. The average Bonchev–Trinajstić information content (AvgIpc) is 2.57. The Hall–Kier alpha value is 0.100. The zero-order chi connectivity index (χ0) is 13.7. The van der Waals surface area contributed by atoms with Crippen molar-refractivity contribution in [2.24, 2.45) is 0 Å². The number of hydrogen-bond acceptors (Lipinski definition) is 3. The molecule has 0 unspecified atom stereocenters. The third-order valence-corrected chi connectivity index (χ3v) is 5.22. The fourth-order valence-corrected chi connectivity index (χ4v) is 3.71. The third kappa shape index (κ3) is 5.00. The molecule has 0 saturated carbocycles. The molecule has 0 saturated heterocycles. The summed E-state index contributed by atoms with van der Waals surface area (Å²) in [5.74, 6) is 0. The second kappa shape index (κ2) is 7.63. The fraction of sp³-hybridized carbons (Fsp3) is 0.714. The lowest BCUT2D eigenvalue weighted by Gasteiger charge is -2.30. The zero-order valence-corrected chi connectivity index (χ0v) is 14.5. The molecule has 0 aliphatic rings. The molecular formula is C14H25BrN2S. The van der Waals surface area contributed by atoms with E-state index in [-0.39, 0.29) is 0 Å². The number of hydrogen-bond donors (Lipinski definition) is 1. The molecule has 1 rings (SSSR count). The Morgan fingerprint density at radius 2 is 1.89 bits per heavy atom. The van der Waals surface area contributed by atoms with Crippen LogP contribution in [0.15, 0.2) is 10.5 Å². The van der Waals surface area contributed by atoms with Gasteiger partial charge in [0.05, 0.1) is 0 Å². The predicted octanol–water partition coefficient (Wildman–Crippen LogP) is 4.03. The van der Waals surface area contributed by atoms with E-state index < -0.39 is 0 Å². The van der Waals surface area contributed by atoms with Crippen LogP contribution in [-0.2, 0) is 6.54 Å². The topological polar surface area (TPSA) is 15.3 Å². The summed E-state index contributed by atoms with van der Waals surface area (Å²) in [6.45, 7) is 14.3. The summed E-state index contributed by atoms with van der Waals surface area (Å²) < 4.78 is 1.23. The number of thiophene rings is 1. The highest BCUT2D eigenvalue weighted by Gasteiger charge is 2.12. The molecular weight excluding hydrogens is 308 g/mol. The van der Waals surface area contributed by atoms with Crippen molar-refractivity contribution in [2.45, 2.75) is 53.2 Å². The van der Waals surface area contributed by atoms with Crippen molar-refractivity contribution in [3.63, 3.8) is 0 Å². The number of rotatable bonds is 7. The fourth-order valence-electron chi connectivity index (χ4n) is 2.14. The molecule has 0 radical (unpaired) electrons. The van der Waals surface area contributed by atoms with Crippen LogP contribution in [0.3, 0.4) is 0 Å². The summed E-state index contributed by atoms with van der Waals surface area (Å²) >= 11 is 5.42. The largest absolute Gasteiger partial charge is 0.311 e. The van der Waals surface area contributed by atoms with Crippen molar-refractivity contribution in [3.05, 3.63) is 20.3 Å². The highest BCUT2D eigenvalue weighted by atomic mass is 79.9. The summed E-state index contributed by atoms with van der Waals surface area (Å²) in [6.07, 6.45) is 0. The summed E-state index contributed by atoms with van der Waals surface area (Å²) in [6, 6.07) is 3.45. The molecule has 0 amide bonds. The molecule has 0 bridgehead atoms. The second-order valence-electron chi connectivity index (χ2n) is 5.22. The molecule has 2 nitrogen and oxygen atoms in total. The molecule has 1 heterocycles. The molecule has 0 fully saturated rings. The maximum absolute atomic E-state index is 3.56. The Labute approximate surface area is 124 Å². The van der Waals surface area contributed by atoms with E-state index in [9.17, 15) is 0 Å². The standard InChI is InChI=1S/C14H25BrN2S/c1-10(2)17(11(3)4)7-6-16-9-13-8-14(15)12(5)18-13/h8,10-11,16H,6-7,9H2,1-5H3. The van der Waals surface area contributed by atoms with E-state index >= 15 is 0 Å². The van der Waals surface area contributed by atoms with Gasteiger partial charge in [-0.3, -0.25) is 4.90 Å². The second-order valence-corrected chi connectivity index (χ2v) is 7.41. The van der Waals surface area contributed by atoms with Crippen LogP contribution in [0.25, 0.3) is 0 Å². The minimum absolute atomic E-state index is 0.616. The number of aryl methyl sites for hydroxylation is 1. The maximum Gasteiger partial charge on any atom is 0.0314 e. The molecule has 0 aliphatic carbocycles. The summed E-state index contributed by atoms with van der Waals surface area (Å²) in [5.41, 5.74) is 0. The molecule has 1 aromatic rings. The van der Waals surface area contributed by atoms with Gasteiger partial charge in [0, 0.05) is 45.9 Å². The van der Waals surface area contributed by atoms with Gasteiger partial charge in [0.1, 0.15) is 0 Å². The van der Waals surface area contributed by atoms with Gasteiger partial charge in [-0.1, -0.05) is 0 Å². The first-order valence-corrected chi connectivity index (χ1v) is 8.24. The van der Waals surface area contributed by atoms with E-state index in [1.54, 1.807) is 0 Å². The van der Waals surface area contributed by atoms with Gasteiger partial charge in [-0.15, -0.1) is 11.3 Å². The summed E-state index contributed by atoms with van der Waals surface area (Å²) in [4.78, 5) is 5.28. The van der Waals surface area contributed by atoms with Crippen LogP contribution in [0.5, 0.6) is 0 Å². The normalized spacial score (nSPS) is 12.1. The quantitative estimate of drug-likeness (QED) is 0.758. The predicted molar refractivity (Wildman–Crippen MR) is 85.4 cm³/mol. The summed E-state index contributed by atoms with van der Waals surface area (Å²) in [5, 5.41) is 3.53. The van der Waals surface area contributed by atoms with Gasteiger partial charge in [-0.25, -0.2) is 0 Å². The minimum atomic E-state index is 0.616. The first-order chi connectivity index (χ1) is 8.41. The first-order valence-electron chi connectivity index (χ1n) is 6.63. The SMILES string of the molecule is Cc1sc(CNCCN(C(C)C)C(C)C)cc1Br. The van der Waals surface area contributed by atoms with Crippen molar-refractivity contribution < 1.29 is 0 Å². The highest BCUT2D eigenvalue weighted by Crippen LogP contribution is 2.25. The lowest BCUT2D eigenvalue weighted by atomic mass is 10.2. The first kappa shape index (κ1) is 16.2. The van der Waals surface area contributed by atoms with Crippen LogP contribution in [0.4, 0.5) is 0 Å². The van der Waals surface area contributed by atoms with Gasteiger partial charge in [0.2, 0.25) is 0 Å². The van der Waals surface area contributed by atoms with Crippen LogP contribution in [0.2, 0.25) is 0 Å². The Morgan fingerprint density at radius 1 is 1.28 bits per heavy atom. The van der Waals surface area contributed by atoms with Crippen LogP contribution in [0, 0.1) is 6.92 Å². The van der Waals surface area contributed by atoms with Crippen LogP contribution in [-0.4, -0.2) is 30.1 Å². The van der Waals surface area contributed by atoms with E-state index in [0.717, 1.165) is 19.6 Å². The average molecular weight is 333 g/mol. The highest BCUT2D eigenvalue weighted by molar-refractivity contribution is 9.10. The van der Waals surface area contributed by atoms with E-state index in [2.05, 4.69) is 66.8 Å². The zero-order valence-electron chi connectivity index (χ0n) is 12.1. The van der Waals surface area contributed by atoms with Crippen molar-refractivity contribution in [2.75, 3.05) is 13.1 Å². The molecule has 0 spiro atoms. The third-order valence-electron chi connectivity index (χ3n) is 3.08. The van der Waals surface area contributed by atoms with Gasteiger partial charge < -0.3 is 5.32 Å². The van der Waals surface area contributed by atoms with Crippen LogP contribution < -0.4 is 5.32 Å². The molecule has 0 atom stereocenters. The van der Waals surface area contributed by atoms with E-state index in [0.29, 0.717) is 12.1 Å². The lowest BCUT2D eigenvalue weighted by molar-refractivity contribution is 0.176. The lowest BCUT2D eigenvalue weighted by Crippen LogP contribution is -2.41.